The third kappa shape index (κ3) is 1.87. The first-order valence-electron chi connectivity index (χ1n) is 4.67. The van der Waals surface area contributed by atoms with Gasteiger partial charge in [-0.25, -0.2) is 4.79 Å². The number of carboxylic acids is 1. The molecule has 1 aliphatic carbocycles. The van der Waals surface area contributed by atoms with Gasteiger partial charge in [0.25, 0.3) is 0 Å². The molecule has 0 unspecified atom stereocenters. The molecule has 0 aliphatic heterocycles. The Bertz CT molecular complexity index is 376. The van der Waals surface area contributed by atoms with Gasteiger partial charge in [0.2, 0.25) is 0 Å². The number of hydrogen-bond donors (Lipinski definition) is 1. The number of rotatable bonds is 3. The maximum absolute atomic E-state index is 10.2. The van der Waals surface area contributed by atoms with E-state index in [1.165, 1.54) is 12.5 Å². The highest BCUT2D eigenvalue weighted by Gasteiger charge is 2.36. The monoisotopic (exact) mass is 192 g/mol. The minimum atomic E-state index is -0.956. The van der Waals surface area contributed by atoms with Crippen molar-refractivity contribution in [1.82, 2.24) is 0 Å². The quantitative estimate of drug-likeness (QED) is 0.748. The van der Waals surface area contributed by atoms with E-state index in [1.807, 2.05) is 6.07 Å². The first-order chi connectivity index (χ1) is 6.66. The summed E-state index contributed by atoms with van der Waals surface area (Å²) >= 11 is 0. The maximum atomic E-state index is 10.2. The molecule has 1 aromatic rings. The second-order valence-electron chi connectivity index (χ2n) is 3.73. The summed E-state index contributed by atoms with van der Waals surface area (Å²) in [5.74, 6) is 1.88. The van der Waals surface area contributed by atoms with Gasteiger partial charge in [-0.1, -0.05) is 6.92 Å². The van der Waals surface area contributed by atoms with Crippen molar-refractivity contribution in [3.05, 3.63) is 29.7 Å². The third-order valence-corrected chi connectivity index (χ3v) is 2.51. The van der Waals surface area contributed by atoms with E-state index in [-0.39, 0.29) is 0 Å². The Kier molecular flexibility index (Phi) is 2.15. The first-order valence-corrected chi connectivity index (χ1v) is 4.67. The van der Waals surface area contributed by atoms with Crippen LogP contribution in [0.15, 0.2) is 22.6 Å². The molecule has 1 aliphatic rings. The molecule has 1 heterocycles. The fourth-order valence-corrected chi connectivity index (χ4v) is 1.53. The lowest BCUT2D eigenvalue weighted by molar-refractivity contribution is -0.131. The zero-order valence-electron chi connectivity index (χ0n) is 7.93. The summed E-state index contributed by atoms with van der Waals surface area (Å²) in [7, 11) is 0. The third-order valence-electron chi connectivity index (χ3n) is 2.51. The van der Waals surface area contributed by atoms with Gasteiger partial charge in [0.05, 0.1) is 0 Å². The molecule has 1 fully saturated rings. The second kappa shape index (κ2) is 3.33. The minimum Gasteiger partial charge on any atom is -0.478 e. The number of furan rings is 1. The van der Waals surface area contributed by atoms with Crippen LogP contribution in [0.1, 0.15) is 30.8 Å². The van der Waals surface area contributed by atoms with Crippen LogP contribution in [0.25, 0.3) is 6.08 Å². The number of hydrogen-bond acceptors (Lipinski definition) is 2. The summed E-state index contributed by atoms with van der Waals surface area (Å²) in [6, 6.07) is 3.73. The Morgan fingerprint density at radius 1 is 1.64 bits per heavy atom. The van der Waals surface area contributed by atoms with Crippen molar-refractivity contribution in [3.63, 3.8) is 0 Å². The lowest BCUT2D eigenvalue weighted by Gasteiger charge is -1.89. The van der Waals surface area contributed by atoms with Crippen molar-refractivity contribution < 1.29 is 14.3 Å². The lowest BCUT2D eigenvalue weighted by Crippen LogP contribution is -1.84. The van der Waals surface area contributed by atoms with E-state index in [2.05, 4.69) is 6.92 Å². The van der Waals surface area contributed by atoms with E-state index in [0.29, 0.717) is 17.6 Å². The maximum Gasteiger partial charge on any atom is 0.328 e. The molecule has 0 bridgehead atoms. The van der Waals surface area contributed by atoms with Crippen LogP contribution in [0.4, 0.5) is 0 Å². The molecule has 2 atom stereocenters. The zero-order valence-corrected chi connectivity index (χ0v) is 7.93. The van der Waals surface area contributed by atoms with Gasteiger partial charge in [0.15, 0.2) is 0 Å². The van der Waals surface area contributed by atoms with Crippen LogP contribution in [-0.4, -0.2) is 11.1 Å². The molecular formula is C11H12O3. The van der Waals surface area contributed by atoms with Gasteiger partial charge in [-0.2, -0.15) is 0 Å². The highest BCUT2D eigenvalue weighted by molar-refractivity contribution is 5.84. The molecule has 0 aromatic carbocycles. The van der Waals surface area contributed by atoms with Gasteiger partial charge >= 0.3 is 5.97 Å². The molecule has 3 heteroatoms. The molecule has 3 nitrogen and oxygen atoms in total. The fourth-order valence-electron chi connectivity index (χ4n) is 1.53. The van der Waals surface area contributed by atoms with Gasteiger partial charge in [0, 0.05) is 12.0 Å². The Hall–Kier alpha value is -1.51. The smallest absolute Gasteiger partial charge is 0.328 e. The molecule has 1 N–H and O–H groups in total. The van der Waals surface area contributed by atoms with Crippen molar-refractivity contribution in [2.24, 2.45) is 5.92 Å². The van der Waals surface area contributed by atoms with Crippen molar-refractivity contribution in [2.75, 3.05) is 0 Å². The highest BCUT2D eigenvalue weighted by atomic mass is 16.4. The van der Waals surface area contributed by atoms with E-state index in [1.54, 1.807) is 6.07 Å². The average Bonchev–Trinajstić information content (AvgIpc) is 2.68. The zero-order chi connectivity index (χ0) is 10.1. The van der Waals surface area contributed by atoms with Crippen LogP contribution in [-0.2, 0) is 4.79 Å². The normalized spacial score (nSPS) is 25.5. The largest absolute Gasteiger partial charge is 0.478 e. The Labute approximate surface area is 82.0 Å². The Balaban J connectivity index is 2.06. The summed E-state index contributed by atoms with van der Waals surface area (Å²) in [6.07, 6.45) is 3.73. The van der Waals surface area contributed by atoms with E-state index in [9.17, 15) is 4.79 Å². The molecule has 1 aromatic heterocycles. The molecule has 0 spiro atoms. The average molecular weight is 192 g/mol. The van der Waals surface area contributed by atoms with Crippen LogP contribution < -0.4 is 0 Å². The Morgan fingerprint density at radius 2 is 2.36 bits per heavy atom. The van der Waals surface area contributed by atoms with Gasteiger partial charge in [-0.05, 0) is 30.5 Å². The predicted octanol–water partition coefficient (Wildman–Crippen LogP) is 2.50. The molecule has 74 valence electrons. The Morgan fingerprint density at radius 3 is 2.93 bits per heavy atom. The molecule has 14 heavy (non-hydrogen) atoms. The van der Waals surface area contributed by atoms with Crippen molar-refractivity contribution in [2.45, 2.75) is 19.3 Å². The van der Waals surface area contributed by atoms with Crippen molar-refractivity contribution >= 4 is 12.0 Å². The summed E-state index contributed by atoms with van der Waals surface area (Å²) in [4.78, 5) is 10.2. The van der Waals surface area contributed by atoms with E-state index in [4.69, 9.17) is 9.52 Å². The predicted molar refractivity (Wildman–Crippen MR) is 51.9 cm³/mol. The summed E-state index contributed by atoms with van der Waals surface area (Å²) in [6.45, 7) is 2.18. The summed E-state index contributed by atoms with van der Waals surface area (Å²) in [5, 5.41) is 8.42. The molecular weight excluding hydrogens is 180 g/mol. The van der Waals surface area contributed by atoms with Gasteiger partial charge in [-0.15, -0.1) is 0 Å². The van der Waals surface area contributed by atoms with Gasteiger partial charge in [-0.3, -0.25) is 0 Å². The van der Waals surface area contributed by atoms with Crippen LogP contribution in [0, 0.1) is 5.92 Å². The van der Waals surface area contributed by atoms with Crippen molar-refractivity contribution in [1.29, 1.82) is 0 Å². The van der Waals surface area contributed by atoms with E-state index < -0.39 is 5.97 Å². The molecule has 0 saturated heterocycles. The fraction of sp³-hybridized carbons (Fsp3) is 0.364. The standard InChI is InChI=1S/C11H12O3/c1-7-6-9(7)10-4-2-8(14-10)3-5-11(12)13/h2-5,7,9H,6H2,1H3,(H,12,13)/b5-3+/t7-,9-/m1/s1. The molecule has 2 rings (SSSR count). The summed E-state index contributed by atoms with van der Waals surface area (Å²) in [5.41, 5.74) is 0. The molecule has 1 saturated carbocycles. The van der Waals surface area contributed by atoms with Gasteiger partial charge < -0.3 is 9.52 Å². The van der Waals surface area contributed by atoms with E-state index >= 15 is 0 Å². The highest BCUT2D eigenvalue weighted by Crippen LogP contribution is 2.47. The minimum absolute atomic E-state index is 0.543. The van der Waals surface area contributed by atoms with Crippen LogP contribution in [0.5, 0.6) is 0 Å². The number of carbonyl (C=O) groups is 1. The van der Waals surface area contributed by atoms with Gasteiger partial charge in [0.1, 0.15) is 11.5 Å². The number of carboxylic acid groups (broad SMARTS) is 1. The molecule has 0 radical (unpaired) electrons. The van der Waals surface area contributed by atoms with E-state index in [0.717, 1.165) is 11.8 Å². The summed E-state index contributed by atoms with van der Waals surface area (Å²) < 4.78 is 5.48. The van der Waals surface area contributed by atoms with Crippen molar-refractivity contribution in [3.8, 4) is 0 Å². The second-order valence-corrected chi connectivity index (χ2v) is 3.73. The lowest BCUT2D eigenvalue weighted by atomic mass is 10.3. The van der Waals surface area contributed by atoms with Crippen LogP contribution in [0.2, 0.25) is 0 Å². The number of aliphatic carboxylic acids is 1. The van der Waals surface area contributed by atoms with Crippen LogP contribution >= 0.6 is 0 Å². The van der Waals surface area contributed by atoms with Crippen LogP contribution in [0.3, 0.4) is 0 Å². The topological polar surface area (TPSA) is 50.4 Å². The first kappa shape index (κ1) is 9.06. The SMILES string of the molecule is C[C@@H]1C[C@H]1c1ccc(/C=C/C(=O)O)o1. The molecule has 0 amide bonds.